The van der Waals surface area contributed by atoms with E-state index in [1.807, 2.05) is 30.3 Å². The number of esters is 1. The zero-order valence-corrected chi connectivity index (χ0v) is 24.7. The van der Waals surface area contributed by atoms with Crippen molar-refractivity contribution >= 4 is 17.8 Å². The van der Waals surface area contributed by atoms with Gasteiger partial charge in [0.2, 0.25) is 11.8 Å². The maximum atomic E-state index is 14.1. The number of ether oxygens (including phenoxy) is 4. The molecule has 0 radical (unpaired) electrons. The highest BCUT2D eigenvalue weighted by atomic mass is 16.7. The first-order chi connectivity index (χ1) is 20.9. The maximum Gasteiger partial charge on any atom is 0.331 e. The smallest absolute Gasteiger partial charge is 0.331 e. The molecule has 2 aliphatic heterocycles. The van der Waals surface area contributed by atoms with E-state index in [1.54, 1.807) is 18.2 Å². The molecule has 232 valence electrons. The summed E-state index contributed by atoms with van der Waals surface area (Å²) in [7, 11) is 1.30. The Labute approximate surface area is 252 Å². The number of nitrogens with one attached hydrogen (secondary N) is 1. The number of carbonyl (C=O) groups excluding carboxylic acids is 3. The average Bonchev–Trinajstić information content (AvgIpc) is 3.57. The lowest BCUT2D eigenvalue weighted by Crippen LogP contribution is -2.56. The third kappa shape index (κ3) is 7.93. The van der Waals surface area contributed by atoms with E-state index in [9.17, 15) is 19.5 Å². The first kappa shape index (κ1) is 31.0. The molecule has 2 heterocycles. The molecule has 5 atom stereocenters. The Morgan fingerprint density at radius 1 is 1.02 bits per heavy atom. The molecule has 0 spiro atoms. The Morgan fingerprint density at radius 2 is 1.79 bits per heavy atom. The predicted octanol–water partition coefficient (Wildman–Crippen LogP) is 3.49. The first-order valence-electron chi connectivity index (χ1n) is 15.3. The zero-order valence-electron chi connectivity index (χ0n) is 24.7. The number of amides is 2. The minimum atomic E-state index is -0.962. The van der Waals surface area contributed by atoms with Crippen LogP contribution >= 0.6 is 0 Å². The molecule has 2 aromatic rings. The molecule has 43 heavy (non-hydrogen) atoms. The number of likely N-dealkylation sites (tertiary alicyclic amines) is 1. The number of phenolic OH excluding ortho intramolecular Hbond substituents is 1. The number of methoxy groups -OCH3 is 1. The second kappa shape index (κ2) is 14.8. The maximum absolute atomic E-state index is 14.1. The minimum Gasteiger partial charge on any atom is -0.508 e. The highest BCUT2D eigenvalue weighted by Crippen LogP contribution is 2.36. The molecule has 5 rings (SSSR count). The van der Waals surface area contributed by atoms with Crippen LogP contribution in [0.2, 0.25) is 0 Å². The number of benzene rings is 2. The van der Waals surface area contributed by atoms with E-state index in [4.69, 9.17) is 18.9 Å². The Morgan fingerprint density at radius 3 is 2.53 bits per heavy atom. The Balaban J connectivity index is 1.20. The Kier molecular flexibility index (Phi) is 10.7. The summed E-state index contributed by atoms with van der Waals surface area (Å²) in [6.07, 6.45) is 4.39. The zero-order chi connectivity index (χ0) is 30.2. The van der Waals surface area contributed by atoms with Crippen molar-refractivity contribution in [2.75, 3.05) is 20.3 Å². The van der Waals surface area contributed by atoms with Crippen LogP contribution in [0.5, 0.6) is 5.75 Å². The average molecular weight is 595 g/mol. The van der Waals surface area contributed by atoms with Gasteiger partial charge in [-0.05, 0) is 48.4 Å². The van der Waals surface area contributed by atoms with E-state index < -0.39 is 36.6 Å². The minimum absolute atomic E-state index is 0.0273. The first-order valence-corrected chi connectivity index (χ1v) is 15.3. The van der Waals surface area contributed by atoms with Gasteiger partial charge >= 0.3 is 5.97 Å². The van der Waals surface area contributed by atoms with Gasteiger partial charge in [0.05, 0.1) is 26.7 Å². The van der Waals surface area contributed by atoms with E-state index >= 15 is 0 Å². The number of nitrogens with zero attached hydrogens (tertiary/aromatic N) is 1. The van der Waals surface area contributed by atoms with Crippen LogP contribution in [0.3, 0.4) is 0 Å². The van der Waals surface area contributed by atoms with Gasteiger partial charge in [-0.3, -0.25) is 9.59 Å². The highest BCUT2D eigenvalue weighted by molar-refractivity contribution is 5.92. The lowest BCUT2D eigenvalue weighted by Gasteiger charge is -2.35. The van der Waals surface area contributed by atoms with E-state index in [0.717, 1.165) is 44.1 Å². The van der Waals surface area contributed by atoms with Gasteiger partial charge < -0.3 is 34.3 Å². The van der Waals surface area contributed by atoms with Crippen LogP contribution in [-0.2, 0) is 46.4 Å². The van der Waals surface area contributed by atoms with Crippen molar-refractivity contribution in [3.8, 4) is 5.75 Å². The van der Waals surface area contributed by atoms with E-state index in [0.29, 0.717) is 25.2 Å². The Bertz CT molecular complexity index is 1230. The standard InChI is InChI=1S/C33H42N2O8/c1-40-33(39)30-31-26(42-28(43-31)16-9-17-41-21-22-10-4-2-5-11-22)20-35(30)32(38)29(24-13-6-3-7-14-24)34-27(37)19-23-12-8-15-25(36)18-23/h2,4-5,8,10-12,15,18,24,26,28-31,36H,3,6-7,9,13-14,16-17,19-21H2,1H3,(H,34,37). The van der Waals surface area contributed by atoms with Crippen molar-refractivity contribution in [1.82, 2.24) is 10.2 Å². The predicted molar refractivity (Wildman–Crippen MR) is 157 cm³/mol. The van der Waals surface area contributed by atoms with Crippen LogP contribution in [0.25, 0.3) is 0 Å². The summed E-state index contributed by atoms with van der Waals surface area (Å²) in [6, 6.07) is 14.7. The van der Waals surface area contributed by atoms with Crippen LogP contribution < -0.4 is 5.32 Å². The van der Waals surface area contributed by atoms with Gasteiger partial charge in [-0.1, -0.05) is 61.7 Å². The van der Waals surface area contributed by atoms with Gasteiger partial charge in [-0.2, -0.15) is 0 Å². The number of aromatic hydroxyl groups is 1. The molecule has 5 unspecified atom stereocenters. The Hall–Kier alpha value is -3.47. The molecular formula is C33H42N2O8. The van der Waals surface area contributed by atoms with Crippen LogP contribution in [0.1, 0.15) is 56.1 Å². The molecule has 2 amide bonds. The molecule has 1 aliphatic carbocycles. The van der Waals surface area contributed by atoms with Crippen molar-refractivity contribution in [3.05, 3.63) is 65.7 Å². The molecule has 0 aromatic heterocycles. The number of hydrogen-bond donors (Lipinski definition) is 2. The molecule has 10 heteroatoms. The molecule has 10 nitrogen and oxygen atoms in total. The third-order valence-corrected chi connectivity index (χ3v) is 8.57. The fourth-order valence-corrected chi connectivity index (χ4v) is 6.44. The van der Waals surface area contributed by atoms with E-state index in [1.165, 1.54) is 18.1 Å². The number of carbonyl (C=O) groups is 3. The van der Waals surface area contributed by atoms with Gasteiger partial charge in [0, 0.05) is 13.0 Å². The fourth-order valence-electron chi connectivity index (χ4n) is 6.44. The summed E-state index contributed by atoms with van der Waals surface area (Å²) >= 11 is 0. The topological polar surface area (TPSA) is 124 Å². The second-order valence-corrected chi connectivity index (χ2v) is 11.6. The lowest BCUT2D eigenvalue weighted by atomic mass is 9.83. The van der Waals surface area contributed by atoms with Crippen molar-refractivity contribution in [2.45, 2.75) is 88.6 Å². The SMILES string of the molecule is COC(=O)C1C2OC(CCCOCc3ccccc3)OC2CN1C(=O)C(NC(=O)Cc1cccc(O)c1)C1CCCCC1. The molecule has 2 aromatic carbocycles. The molecule has 2 N–H and O–H groups in total. The molecular weight excluding hydrogens is 552 g/mol. The third-order valence-electron chi connectivity index (χ3n) is 8.57. The molecule has 3 aliphatic rings. The summed E-state index contributed by atoms with van der Waals surface area (Å²) in [5, 5.41) is 12.8. The fraction of sp³-hybridized carbons (Fsp3) is 0.545. The van der Waals surface area contributed by atoms with Gasteiger partial charge in [0.25, 0.3) is 0 Å². The van der Waals surface area contributed by atoms with Crippen LogP contribution in [0.15, 0.2) is 54.6 Å². The van der Waals surface area contributed by atoms with Gasteiger partial charge in [0.15, 0.2) is 12.3 Å². The van der Waals surface area contributed by atoms with Gasteiger partial charge in [-0.15, -0.1) is 0 Å². The number of fused-ring (bicyclic) bond motifs is 1. The summed E-state index contributed by atoms with van der Waals surface area (Å²) in [5.74, 6) is -1.17. The molecule has 0 bridgehead atoms. The number of phenols is 1. The summed E-state index contributed by atoms with van der Waals surface area (Å²) in [4.78, 5) is 41.8. The van der Waals surface area contributed by atoms with Crippen LogP contribution in [-0.4, -0.2) is 78.6 Å². The largest absolute Gasteiger partial charge is 0.508 e. The monoisotopic (exact) mass is 594 g/mol. The quantitative estimate of drug-likeness (QED) is 0.283. The highest BCUT2D eigenvalue weighted by Gasteiger charge is 2.56. The van der Waals surface area contributed by atoms with Crippen molar-refractivity contribution < 1.29 is 38.4 Å². The summed E-state index contributed by atoms with van der Waals surface area (Å²) in [6.45, 7) is 1.26. The summed E-state index contributed by atoms with van der Waals surface area (Å²) in [5.41, 5.74) is 1.76. The van der Waals surface area contributed by atoms with Crippen molar-refractivity contribution in [3.63, 3.8) is 0 Å². The molecule has 2 saturated heterocycles. The van der Waals surface area contributed by atoms with Crippen LogP contribution in [0, 0.1) is 5.92 Å². The van der Waals surface area contributed by atoms with Crippen molar-refractivity contribution in [2.24, 2.45) is 5.92 Å². The lowest BCUT2D eigenvalue weighted by molar-refractivity contribution is -0.160. The van der Waals surface area contributed by atoms with Crippen LogP contribution in [0.4, 0.5) is 0 Å². The second-order valence-electron chi connectivity index (χ2n) is 11.6. The van der Waals surface area contributed by atoms with Gasteiger partial charge in [0.1, 0.15) is 24.0 Å². The van der Waals surface area contributed by atoms with Crippen molar-refractivity contribution in [1.29, 1.82) is 0 Å². The van der Waals surface area contributed by atoms with E-state index in [-0.39, 0.29) is 36.4 Å². The van der Waals surface area contributed by atoms with Gasteiger partial charge in [-0.25, -0.2) is 4.79 Å². The van der Waals surface area contributed by atoms with E-state index in [2.05, 4.69) is 5.32 Å². The number of hydrogen-bond acceptors (Lipinski definition) is 8. The molecule has 1 saturated carbocycles. The normalized spacial score (nSPS) is 24.3. The summed E-state index contributed by atoms with van der Waals surface area (Å²) < 4.78 is 23.2. The number of rotatable bonds is 12. The molecule has 3 fully saturated rings.